The first-order chi connectivity index (χ1) is 10.1. The second-order valence-electron chi connectivity index (χ2n) is 4.84. The van der Waals surface area contributed by atoms with Gasteiger partial charge in [0.1, 0.15) is 5.75 Å². The van der Waals surface area contributed by atoms with Gasteiger partial charge in [0.25, 0.3) is 0 Å². The van der Waals surface area contributed by atoms with Gasteiger partial charge in [0.15, 0.2) is 0 Å². The Balaban J connectivity index is 2.21. The predicted octanol–water partition coefficient (Wildman–Crippen LogP) is 4.09. The van der Waals surface area contributed by atoms with Gasteiger partial charge in [-0.05, 0) is 36.6 Å². The number of benzene rings is 1. The molecular weight excluding hydrogens is 266 g/mol. The lowest BCUT2D eigenvalue weighted by Gasteiger charge is -2.08. The van der Waals surface area contributed by atoms with Crippen LogP contribution in [0.4, 0.5) is 0 Å². The molecule has 4 nitrogen and oxygen atoms in total. The average Bonchev–Trinajstić information content (AvgIpc) is 2.49. The highest BCUT2D eigenvalue weighted by Crippen LogP contribution is 2.22. The molecule has 0 aliphatic carbocycles. The Morgan fingerprint density at radius 3 is 2.48 bits per heavy atom. The Labute approximate surface area is 124 Å². The Morgan fingerprint density at radius 1 is 1.19 bits per heavy atom. The maximum atomic E-state index is 11.1. The summed E-state index contributed by atoms with van der Waals surface area (Å²) < 4.78 is 5.67. The third-order valence-corrected chi connectivity index (χ3v) is 3.15. The van der Waals surface area contributed by atoms with E-state index in [0.717, 1.165) is 12.8 Å². The van der Waals surface area contributed by atoms with Crippen molar-refractivity contribution in [3.63, 3.8) is 0 Å². The predicted molar refractivity (Wildman–Crippen MR) is 81.1 cm³/mol. The number of aryl methyl sites for hydroxylation is 2. The van der Waals surface area contributed by atoms with E-state index in [1.54, 1.807) is 6.07 Å². The SMILES string of the molecule is CCCc1ccc(Oc2cc(C(=O)O)cc(CC)n2)cc1. The molecule has 0 spiro atoms. The zero-order chi connectivity index (χ0) is 15.2. The van der Waals surface area contributed by atoms with Gasteiger partial charge in [-0.25, -0.2) is 9.78 Å². The highest BCUT2D eigenvalue weighted by Gasteiger charge is 2.09. The summed E-state index contributed by atoms with van der Waals surface area (Å²) in [6.07, 6.45) is 2.79. The summed E-state index contributed by atoms with van der Waals surface area (Å²) in [6, 6.07) is 10.8. The maximum Gasteiger partial charge on any atom is 0.335 e. The molecule has 110 valence electrons. The number of ether oxygens (including phenoxy) is 1. The molecule has 21 heavy (non-hydrogen) atoms. The first kappa shape index (κ1) is 15.0. The molecule has 0 saturated carbocycles. The molecule has 0 unspecified atom stereocenters. The van der Waals surface area contributed by atoms with E-state index >= 15 is 0 Å². The standard InChI is InChI=1S/C17H19NO3/c1-3-5-12-6-8-15(9-7-12)21-16-11-13(17(19)20)10-14(4-2)18-16/h6-11H,3-5H2,1-2H3,(H,19,20). The summed E-state index contributed by atoms with van der Waals surface area (Å²) in [4.78, 5) is 15.4. The second-order valence-corrected chi connectivity index (χ2v) is 4.84. The van der Waals surface area contributed by atoms with Crippen molar-refractivity contribution in [2.45, 2.75) is 33.1 Å². The largest absolute Gasteiger partial charge is 0.478 e. The first-order valence-electron chi connectivity index (χ1n) is 7.13. The molecule has 1 aromatic heterocycles. The second kappa shape index (κ2) is 6.88. The van der Waals surface area contributed by atoms with Crippen LogP contribution in [0.25, 0.3) is 0 Å². The molecule has 0 radical (unpaired) electrons. The molecule has 2 rings (SSSR count). The zero-order valence-electron chi connectivity index (χ0n) is 12.3. The third kappa shape index (κ3) is 4.05. The molecule has 1 N–H and O–H groups in total. The van der Waals surface area contributed by atoms with Gasteiger partial charge in [-0.1, -0.05) is 32.4 Å². The molecule has 0 saturated heterocycles. The fraction of sp³-hybridized carbons (Fsp3) is 0.294. The fourth-order valence-electron chi connectivity index (χ4n) is 2.05. The van der Waals surface area contributed by atoms with Crippen LogP contribution in [0.1, 0.15) is 41.9 Å². The van der Waals surface area contributed by atoms with Crippen LogP contribution in [0.15, 0.2) is 36.4 Å². The number of aromatic carboxylic acids is 1. The molecule has 0 bridgehead atoms. The normalized spacial score (nSPS) is 10.4. The van der Waals surface area contributed by atoms with Crippen LogP contribution in [-0.4, -0.2) is 16.1 Å². The Kier molecular flexibility index (Phi) is 4.93. The summed E-state index contributed by atoms with van der Waals surface area (Å²) in [5.74, 6) is -0.00261. The van der Waals surface area contributed by atoms with Gasteiger partial charge in [0.2, 0.25) is 5.88 Å². The maximum absolute atomic E-state index is 11.1. The molecule has 1 heterocycles. The molecule has 0 aliphatic rings. The topological polar surface area (TPSA) is 59.4 Å². The summed E-state index contributed by atoms with van der Waals surface area (Å²) in [5.41, 5.74) is 2.15. The minimum Gasteiger partial charge on any atom is -0.478 e. The molecular formula is C17H19NO3. The number of hydrogen-bond acceptors (Lipinski definition) is 3. The minimum atomic E-state index is -0.977. The van der Waals surface area contributed by atoms with Gasteiger partial charge >= 0.3 is 5.97 Å². The molecule has 4 heteroatoms. The molecule has 1 aromatic carbocycles. The Bertz CT molecular complexity index is 620. The minimum absolute atomic E-state index is 0.194. The molecule has 0 aliphatic heterocycles. The lowest BCUT2D eigenvalue weighted by atomic mass is 10.1. The van der Waals surface area contributed by atoms with Gasteiger partial charge in [-0.15, -0.1) is 0 Å². The van der Waals surface area contributed by atoms with E-state index < -0.39 is 5.97 Å². The van der Waals surface area contributed by atoms with Crippen molar-refractivity contribution in [2.75, 3.05) is 0 Å². The lowest BCUT2D eigenvalue weighted by molar-refractivity contribution is 0.0696. The lowest BCUT2D eigenvalue weighted by Crippen LogP contribution is -2.01. The van der Waals surface area contributed by atoms with Crippen LogP contribution in [0, 0.1) is 0 Å². The van der Waals surface area contributed by atoms with E-state index in [4.69, 9.17) is 9.84 Å². The van der Waals surface area contributed by atoms with Crippen molar-refractivity contribution < 1.29 is 14.6 Å². The Hall–Kier alpha value is -2.36. The van der Waals surface area contributed by atoms with Crippen molar-refractivity contribution in [1.29, 1.82) is 0 Å². The van der Waals surface area contributed by atoms with Crippen LogP contribution in [0.3, 0.4) is 0 Å². The number of nitrogens with zero attached hydrogens (tertiary/aromatic N) is 1. The molecule has 0 atom stereocenters. The van der Waals surface area contributed by atoms with E-state index in [2.05, 4.69) is 11.9 Å². The van der Waals surface area contributed by atoms with Gasteiger partial charge in [0, 0.05) is 11.8 Å². The van der Waals surface area contributed by atoms with Gasteiger partial charge in [-0.3, -0.25) is 0 Å². The highest BCUT2D eigenvalue weighted by atomic mass is 16.5. The molecule has 0 amide bonds. The Morgan fingerprint density at radius 2 is 1.90 bits per heavy atom. The number of carboxylic acids is 1. The average molecular weight is 285 g/mol. The van der Waals surface area contributed by atoms with Crippen molar-refractivity contribution in [3.05, 3.63) is 53.2 Å². The van der Waals surface area contributed by atoms with Gasteiger partial charge in [0.05, 0.1) is 5.56 Å². The number of carboxylic acid groups (broad SMARTS) is 1. The van der Waals surface area contributed by atoms with Crippen LogP contribution in [0.5, 0.6) is 11.6 Å². The van der Waals surface area contributed by atoms with E-state index in [0.29, 0.717) is 23.7 Å². The summed E-state index contributed by atoms with van der Waals surface area (Å²) in [7, 11) is 0. The number of rotatable bonds is 6. The van der Waals surface area contributed by atoms with Crippen LogP contribution in [0.2, 0.25) is 0 Å². The van der Waals surface area contributed by atoms with Crippen LogP contribution < -0.4 is 4.74 Å². The number of carbonyl (C=O) groups is 1. The van der Waals surface area contributed by atoms with Crippen molar-refractivity contribution in [2.24, 2.45) is 0 Å². The van der Waals surface area contributed by atoms with Crippen LogP contribution >= 0.6 is 0 Å². The first-order valence-corrected chi connectivity index (χ1v) is 7.13. The van der Waals surface area contributed by atoms with Crippen molar-refractivity contribution in [1.82, 2.24) is 4.98 Å². The van der Waals surface area contributed by atoms with E-state index in [-0.39, 0.29) is 5.56 Å². The van der Waals surface area contributed by atoms with Crippen molar-refractivity contribution in [3.8, 4) is 11.6 Å². The van der Waals surface area contributed by atoms with Crippen molar-refractivity contribution >= 4 is 5.97 Å². The van der Waals surface area contributed by atoms with Gasteiger partial charge < -0.3 is 9.84 Å². The highest BCUT2D eigenvalue weighted by molar-refractivity contribution is 5.88. The fourth-order valence-corrected chi connectivity index (χ4v) is 2.05. The smallest absolute Gasteiger partial charge is 0.335 e. The summed E-state index contributed by atoms with van der Waals surface area (Å²) in [5, 5.41) is 9.11. The third-order valence-electron chi connectivity index (χ3n) is 3.15. The molecule has 2 aromatic rings. The monoisotopic (exact) mass is 285 g/mol. The van der Waals surface area contributed by atoms with E-state index in [9.17, 15) is 4.79 Å². The number of aromatic nitrogens is 1. The summed E-state index contributed by atoms with van der Waals surface area (Å²) in [6.45, 7) is 4.06. The number of hydrogen-bond donors (Lipinski definition) is 1. The number of pyridine rings is 1. The van der Waals surface area contributed by atoms with Crippen LogP contribution in [-0.2, 0) is 12.8 Å². The zero-order valence-corrected chi connectivity index (χ0v) is 12.3. The van der Waals surface area contributed by atoms with E-state index in [1.165, 1.54) is 11.6 Å². The van der Waals surface area contributed by atoms with E-state index in [1.807, 2.05) is 31.2 Å². The quantitative estimate of drug-likeness (QED) is 0.868. The summed E-state index contributed by atoms with van der Waals surface area (Å²) >= 11 is 0. The molecule has 0 fully saturated rings. The van der Waals surface area contributed by atoms with Gasteiger partial charge in [-0.2, -0.15) is 0 Å².